The van der Waals surface area contributed by atoms with E-state index in [0.717, 1.165) is 24.2 Å². The van der Waals surface area contributed by atoms with Crippen LogP contribution in [0.5, 0.6) is 0 Å². The Balaban J connectivity index is 1.54. The molecule has 1 heteroatoms. The summed E-state index contributed by atoms with van der Waals surface area (Å²) in [5, 5.41) is 10.7. The number of fused-ring (bicyclic) bond motifs is 7. The molecule has 0 amide bonds. The molecule has 5 aliphatic carbocycles. The highest BCUT2D eigenvalue weighted by Crippen LogP contribution is 2.78. The number of rotatable bonds is 0. The summed E-state index contributed by atoms with van der Waals surface area (Å²) in [5.41, 5.74) is 2.88. The zero-order valence-corrected chi connectivity index (χ0v) is 22.1. The number of hydrogen-bond donors (Lipinski definition) is 1. The smallest absolute Gasteiger partial charge is 0.0571 e. The van der Waals surface area contributed by atoms with Gasteiger partial charge in [-0.25, -0.2) is 0 Å². The summed E-state index contributed by atoms with van der Waals surface area (Å²) in [6.07, 6.45) is 15.1. The number of aliphatic hydroxyl groups is 1. The molecule has 5 fully saturated rings. The molecule has 1 N–H and O–H groups in total. The van der Waals surface area contributed by atoms with E-state index >= 15 is 0 Å². The second-order valence-electron chi connectivity index (χ2n) is 15.5. The van der Waals surface area contributed by atoms with Crippen molar-refractivity contribution in [1.82, 2.24) is 0 Å². The zero-order valence-electron chi connectivity index (χ0n) is 22.1. The van der Waals surface area contributed by atoms with Crippen LogP contribution in [-0.4, -0.2) is 11.2 Å². The number of hydrogen-bond acceptors (Lipinski definition) is 1. The van der Waals surface area contributed by atoms with Gasteiger partial charge in [0.2, 0.25) is 0 Å². The lowest BCUT2D eigenvalue weighted by atomic mass is 9.30. The summed E-state index contributed by atoms with van der Waals surface area (Å²) in [6, 6.07) is 0. The predicted molar refractivity (Wildman–Crippen MR) is 131 cm³/mol. The second-order valence-corrected chi connectivity index (χ2v) is 15.5. The fraction of sp³-hybridized carbons (Fsp3) is 1.00. The minimum Gasteiger partial charge on any atom is -0.393 e. The molecule has 5 aliphatic rings. The summed E-state index contributed by atoms with van der Waals surface area (Å²) in [5.74, 6) is 3.02. The van der Waals surface area contributed by atoms with Gasteiger partial charge >= 0.3 is 0 Å². The van der Waals surface area contributed by atoms with Crippen molar-refractivity contribution in [3.63, 3.8) is 0 Å². The van der Waals surface area contributed by atoms with Crippen molar-refractivity contribution in [2.45, 2.75) is 132 Å². The van der Waals surface area contributed by atoms with Gasteiger partial charge in [0.1, 0.15) is 0 Å². The van der Waals surface area contributed by atoms with E-state index in [0.29, 0.717) is 38.4 Å². The molecule has 10 atom stereocenters. The molecule has 178 valence electrons. The lowest BCUT2D eigenvalue weighted by Crippen LogP contribution is -2.67. The maximum Gasteiger partial charge on any atom is 0.0571 e. The number of aliphatic hydroxyl groups excluding tert-OH is 1. The Labute approximate surface area is 193 Å². The van der Waals surface area contributed by atoms with Crippen molar-refractivity contribution >= 4 is 0 Å². The minimum atomic E-state index is -0.0781. The van der Waals surface area contributed by atoms with Crippen LogP contribution in [0.15, 0.2) is 0 Å². The average molecular weight is 429 g/mol. The Bertz CT molecular complexity index is 741. The Hall–Kier alpha value is -0.0400. The third kappa shape index (κ3) is 2.77. The Kier molecular flexibility index (Phi) is 4.80. The molecular weight excluding hydrogens is 376 g/mol. The molecule has 0 aromatic carbocycles. The normalized spacial score (nSPS) is 60.9. The lowest BCUT2D eigenvalue weighted by molar-refractivity contribution is -0.263. The van der Waals surface area contributed by atoms with Crippen molar-refractivity contribution in [2.75, 3.05) is 0 Å². The molecule has 5 saturated carbocycles. The van der Waals surface area contributed by atoms with Gasteiger partial charge in [0.05, 0.1) is 6.10 Å². The first-order valence-electron chi connectivity index (χ1n) is 13.9. The quantitative estimate of drug-likeness (QED) is 0.412. The van der Waals surface area contributed by atoms with E-state index < -0.39 is 0 Å². The predicted octanol–water partition coefficient (Wildman–Crippen LogP) is 8.25. The van der Waals surface area contributed by atoms with Crippen LogP contribution in [0.4, 0.5) is 0 Å². The van der Waals surface area contributed by atoms with Crippen molar-refractivity contribution in [1.29, 1.82) is 0 Å². The topological polar surface area (TPSA) is 20.2 Å². The molecule has 0 aliphatic heterocycles. The van der Waals surface area contributed by atoms with Crippen LogP contribution in [0.2, 0.25) is 0 Å². The summed E-state index contributed by atoms with van der Waals surface area (Å²) >= 11 is 0. The minimum absolute atomic E-state index is 0.0781. The largest absolute Gasteiger partial charge is 0.393 e. The Morgan fingerprint density at radius 3 is 1.90 bits per heavy atom. The van der Waals surface area contributed by atoms with Gasteiger partial charge in [-0.15, -0.1) is 0 Å². The van der Waals surface area contributed by atoms with E-state index in [2.05, 4.69) is 55.4 Å². The molecule has 0 spiro atoms. The van der Waals surface area contributed by atoms with E-state index in [1.807, 2.05) is 0 Å². The van der Waals surface area contributed by atoms with Gasteiger partial charge in [-0.3, -0.25) is 0 Å². The zero-order chi connectivity index (χ0) is 22.7. The maximum absolute atomic E-state index is 10.7. The SMILES string of the molecule is CC1C(O)CCC2C1(C)CC[C@H]1C2(C)CCC2(C)C3CC(C)(C)CCC3(C)CCC12C. The van der Waals surface area contributed by atoms with E-state index in [-0.39, 0.29) is 6.10 Å². The second kappa shape index (κ2) is 6.55. The molecular formula is C30H52O. The molecule has 0 saturated heterocycles. The van der Waals surface area contributed by atoms with Gasteiger partial charge in [0.25, 0.3) is 0 Å². The van der Waals surface area contributed by atoms with Crippen LogP contribution in [0.1, 0.15) is 126 Å². The van der Waals surface area contributed by atoms with Crippen LogP contribution >= 0.6 is 0 Å². The molecule has 31 heavy (non-hydrogen) atoms. The van der Waals surface area contributed by atoms with Gasteiger partial charge in [-0.2, -0.15) is 0 Å². The van der Waals surface area contributed by atoms with E-state index in [4.69, 9.17) is 0 Å². The molecule has 0 heterocycles. The van der Waals surface area contributed by atoms with Crippen molar-refractivity contribution in [2.24, 2.45) is 56.2 Å². The van der Waals surface area contributed by atoms with Gasteiger partial charge in [0.15, 0.2) is 0 Å². The Morgan fingerprint density at radius 1 is 0.581 bits per heavy atom. The molecule has 0 aromatic rings. The maximum atomic E-state index is 10.7. The van der Waals surface area contributed by atoms with Crippen LogP contribution in [0, 0.1) is 56.2 Å². The van der Waals surface area contributed by atoms with E-state index in [1.165, 1.54) is 64.2 Å². The fourth-order valence-electron chi connectivity index (χ4n) is 11.4. The highest BCUT2D eigenvalue weighted by molar-refractivity contribution is 5.19. The first-order valence-corrected chi connectivity index (χ1v) is 13.9. The van der Waals surface area contributed by atoms with Gasteiger partial charge in [-0.1, -0.05) is 55.4 Å². The van der Waals surface area contributed by atoms with Crippen LogP contribution in [-0.2, 0) is 0 Å². The summed E-state index contributed by atoms with van der Waals surface area (Å²) in [7, 11) is 0. The van der Waals surface area contributed by atoms with Crippen molar-refractivity contribution < 1.29 is 5.11 Å². The van der Waals surface area contributed by atoms with E-state index in [1.54, 1.807) is 0 Å². The third-order valence-corrected chi connectivity index (χ3v) is 13.9. The van der Waals surface area contributed by atoms with Crippen molar-refractivity contribution in [3.05, 3.63) is 0 Å². The fourth-order valence-corrected chi connectivity index (χ4v) is 11.4. The summed E-state index contributed by atoms with van der Waals surface area (Å²) in [4.78, 5) is 0. The first-order chi connectivity index (χ1) is 14.2. The van der Waals surface area contributed by atoms with Crippen LogP contribution < -0.4 is 0 Å². The van der Waals surface area contributed by atoms with E-state index in [9.17, 15) is 5.11 Å². The van der Waals surface area contributed by atoms with Crippen LogP contribution in [0.25, 0.3) is 0 Å². The van der Waals surface area contributed by atoms with Gasteiger partial charge in [-0.05, 0) is 127 Å². The summed E-state index contributed by atoms with van der Waals surface area (Å²) in [6.45, 7) is 20.9. The monoisotopic (exact) mass is 428 g/mol. The molecule has 0 radical (unpaired) electrons. The highest BCUT2D eigenvalue weighted by atomic mass is 16.3. The van der Waals surface area contributed by atoms with Gasteiger partial charge in [0, 0.05) is 0 Å². The van der Waals surface area contributed by atoms with Gasteiger partial charge < -0.3 is 5.11 Å². The molecule has 9 unspecified atom stereocenters. The highest BCUT2D eigenvalue weighted by Gasteiger charge is 2.70. The van der Waals surface area contributed by atoms with Crippen molar-refractivity contribution in [3.8, 4) is 0 Å². The molecule has 5 rings (SSSR count). The molecule has 0 bridgehead atoms. The summed E-state index contributed by atoms with van der Waals surface area (Å²) < 4.78 is 0. The Morgan fingerprint density at radius 2 is 1.19 bits per heavy atom. The molecule has 1 nitrogen and oxygen atoms in total. The standard InChI is InChI=1S/C30H52O/c1-20-21(31)9-10-22-27(20,5)12-11-23-28(22,6)16-18-30(8)24-19-25(2,3)13-14-26(24,4)15-17-29(23,30)7/h20-24,31H,9-19H2,1-8H3/t20?,21?,22?,23-,24?,26?,27?,28?,29?,30?/m0/s1. The van der Waals surface area contributed by atoms with Crippen LogP contribution in [0.3, 0.4) is 0 Å². The third-order valence-electron chi connectivity index (χ3n) is 13.9. The molecule has 0 aromatic heterocycles. The average Bonchev–Trinajstić information content (AvgIpc) is 2.69. The lowest BCUT2D eigenvalue weighted by Gasteiger charge is -2.75. The first kappa shape index (κ1) is 22.7.